The van der Waals surface area contributed by atoms with Gasteiger partial charge in [0.15, 0.2) is 0 Å². The molecule has 1 aliphatic rings. The van der Waals surface area contributed by atoms with Gasteiger partial charge in [0.1, 0.15) is 0 Å². The minimum atomic E-state index is -0.0132. The number of carbonyl (C=O) groups is 1. The third kappa shape index (κ3) is 3.08. The molecule has 1 amide bonds. The Bertz CT molecular complexity index is 630. The lowest BCUT2D eigenvalue weighted by atomic mass is 10.2. The number of fused-ring (bicyclic) bond motifs is 1. The number of rotatable bonds is 5. The Labute approximate surface area is 128 Å². The zero-order valence-electron chi connectivity index (χ0n) is 12.0. The van der Waals surface area contributed by atoms with Crippen molar-refractivity contribution in [3.05, 3.63) is 45.3 Å². The number of thiophene rings is 1. The molecule has 2 heterocycles. The van der Waals surface area contributed by atoms with Crippen LogP contribution in [0.3, 0.4) is 0 Å². The summed E-state index contributed by atoms with van der Waals surface area (Å²) in [5, 5.41) is 2.95. The molecule has 0 saturated heterocycles. The Balaban J connectivity index is 1.65. The predicted molar refractivity (Wildman–Crippen MR) is 82.9 cm³/mol. The number of amides is 1. The van der Waals surface area contributed by atoms with E-state index in [9.17, 15) is 4.79 Å². The molecular weight excluding hydrogens is 284 g/mol. The van der Waals surface area contributed by atoms with E-state index >= 15 is 0 Å². The molecule has 3 rings (SSSR count). The molecule has 0 radical (unpaired) electrons. The summed E-state index contributed by atoms with van der Waals surface area (Å²) in [6.45, 7) is 2.92. The van der Waals surface area contributed by atoms with Gasteiger partial charge in [-0.05, 0) is 43.9 Å². The van der Waals surface area contributed by atoms with Crippen molar-refractivity contribution in [1.29, 1.82) is 0 Å². The van der Waals surface area contributed by atoms with Gasteiger partial charge in [0.25, 0.3) is 5.91 Å². The second-order valence-corrected chi connectivity index (χ2v) is 6.13. The zero-order valence-corrected chi connectivity index (χ0v) is 12.8. The van der Waals surface area contributed by atoms with E-state index in [0.717, 1.165) is 23.3 Å². The van der Waals surface area contributed by atoms with Crippen LogP contribution < -0.4 is 10.1 Å². The van der Waals surface area contributed by atoms with E-state index in [2.05, 4.69) is 10.3 Å². The quantitative estimate of drug-likeness (QED) is 0.924. The molecule has 0 spiro atoms. The first-order valence-corrected chi connectivity index (χ1v) is 8.06. The highest BCUT2D eigenvalue weighted by Gasteiger charge is 2.18. The number of carbonyl (C=O) groups excluding carboxylic acids is 1. The molecule has 0 aliphatic heterocycles. The van der Waals surface area contributed by atoms with Crippen molar-refractivity contribution in [2.45, 2.75) is 32.7 Å². The molecule has 1 aliphatic carbocycles. The van der Waals surface area contributed by atoms with Gasteiger partial charge < -0.3 is 10.1 Å². The number of nitrogens with zero attached hydrogens (tertiary/aromatic N) is 1. The summed E-state index contributed by atoms with van der Waals surface area (Å²) in [5.41, 5.74) is 2.25. The average Bonchev–Trinajstić information content (AvgIpc) is 3.07. The monoisotopic (exact) mass is 302 g/mol. The first-order chi connectivity index (χ1) is 10.3. The van der Waals surface area contributed by atoms with Crippen molar-refractivity contribution >= 4 is 17.2 Å². The summed E-state index contributed by atoms with van der Waals surface area (Å²) >= 11 is 1.62. The summed E-state index contributed by atoms with van der Waals surface area (Å²) in [6.07, 6.45) is 5.14. The molecule has 1 N–H and O–H groups in total. The number of ether oxygens (including phenoxy) is 1. The van der Waals surface area contributed by atoms with E-state index in [4.69, 9.17) is 4.74 Å². The van der Waals surface area contributed by atoms with Crippen LogP contribution in [0.25, 0.3) is 0 Å². The standard InChI is InChI=1S/C16H18N2O2S/c1-2-20-16-12(6-4-8-17-16)10-18-15(19)14-9-11-5-3-7-13(11)21-14/h4,6,8-9H,2-3,5,7,10H2,1H3,(H,18,19). The molecule has 0 unspecified atom stereocenters. The van der Waals surface area contributed by atoms with Crippen molar-refractivity contribution in [3.63, 3.8) is 0 Å². The van der Waals surface area contributed by atoms with E-state index in [1.54, 1.807) is 17.5 Å². The maximum absolute atomic E-state index is 12.2. The maximum atomic E-state index is 12.2. The number of aryl methyl sites for hydroxylation is 2. The predicted octanol–water partition coefficient (Wildman–Crippen LogP) is 2.96. The molecule has 0 saturated carbocycles. The lowest BCUT2D eigenvalue weighted by molar-refractivity contribution is 0.0954. The fourth-order valence-corrected chi connectivity index (χ4v) is 3.70. The maximum Gasteiger partial charge on any atom is 0.261 e. The topological polar surface area (TPSA) is 51.2 Å². The first-order valence-electron chi connectivity index (χ1n) is 7.24. The number of hydrogen-bond donors (Lipinski definition) is 1. The van der Waals surface area contributed by atoms with Crippen LogP contribution in [0.1, 0.15) is 39.0 Å². The zero-order chi connectivity index (χ0) is 14.7. The SMILES string of the molecule is CCOc1ncccc1CNC(=O)c1cc2c(s1)CCC2. The molecule has 2 aromatic heterocycles. The lowest BCUT2D eigenvalue weighted by Gasteiger charge is -2.09. The van der Waals surface area contributed by atoms with Gasteiger partial charge in [-0.25, -0.2) is 4.98 Å². The molecule has 2 aromatic rings. The Morgan fingerprint density at radius 1 is 1.48 bits per heavy atom. The van der Waals surface area contributed by atoms with Crippen LogP contribution in [0, 0.1) is 0 Å². The van der Waals surface area contributed by atoms with Gasteiger partial charge in [0.05, 0.1) is 11.5 Å². The molecule has 0 aromatic carbocycles. The fourth-order valence-electron chi connectivity index (χ4n) is 2.53. The summed E-state index contributed by atoms with van der Waals surface area (Å²) in [5.74, 6) is 0.578. The van der Waals surface area contributed by atoms with Gasteiger partial charge in [-0.1, -0.05) is 6.07 Å². The Morgan fingerprint density at radius 2 is 2.38 bits per heavy atom. The summed E-state index contributed by atoms with van der Waals surface area (Å²) < 4.78 is 5.46. The van der Waals surface area contributed by atoms with Gasteiger partial charge in [-0.15, -0.1) is 11.3 Å². The van der Waals surface area contributed by atoms with Gasteiger partial charge >= 0.3 is 0 Å². The van der Waals surface area contributed by atoms with E-state index in [0.29, 0.717) is 19.0 Å². The van der Waals surface area contributed by atoms with Crippen LogP contribution in [0.4, 0.5) is 0 Å². The summed E-state index contributed by atoms with van der Waals surface area (Å²) in [6, 6.07) is 5.81. The number of aromatic nitrogens is 1. The Morgan fingerprint density at radius 3 is 3.19 bits per heavy atom. The van der Waals surface area contributed by atoms with Crippen LogP contribution in [-0.4, -0.2) is 17.5 Å². The van der Waals surface area contributed by atoms with Crippen molar-refractivity contribution in [3.8, 4) is 5.88 Å². The van der Waals surface area contributed by atoms with Gasteiger partial charge in [-0.2, -0.15) is 0 Å². The van der Waals surface area contributed by atoms with Crippen LogP contribution in [0.5, 0.6) is 5.88 Å². The smallest absolute Gasteiger partial charge is 0.261 e. The largest absolute Gasteiger partial charge is 0.478 e. The van der Waals surface area contributed by atoms with Crippen LogP contribution in [-0.2, 0) is 19.4 Å². The summed E-state index contributed by atoms with van der Waals surface area (Å²) in [4.78, 5) is 18.6. The van der Waals surface area contributed by atoms with Gasteiger partial charge in [-0.3, -0.25) is 4.79 Å². The lowest BCUT2D eigenvalue weighted by Crippen LogP contribution is -2.22. The Hall–Kier alpha value is -1.88. The minimum Gasteiger partial charge on any atom is -0.478 e. The molecule has 0 fully saturated rings. The highest BCUT2D eigenvalue weighted by molar-refractivity contribution is 7.14. The molecule has 5 heteroatoms. The third-order valence-corrected chi connectivity index (χ3v) is 4.78. The van der Waals surface area contributed by atoms with Gasteiger partial charge in [0.2, 0.25) is 5.88 Å². The minimum absolute atomic E-state index is 0.0132. The van der Waals surface area contributed by atoms with Crippen molar-refractivity contribution in [2.75, 3.05) is 6.61 Å². The molecular formula is C16H18N2O2S. The van der Waals surface area contributed by atoms with Crippen molar-refractivity contribution in [1.82, 2.24) is 10.3 Å². The molecule has 0 atom stereocenters. The van der Waals surface area contributed by atoms with E-state index in [-0.39, 0.29) is 5.91 Å². The second kappa shape index (κ2) is 6.26. The fraction of sp³-hybridized carbons (Fsp3) is 0.375. The van der Waals surface area contributed by atoms with Crippen LogP contribution in [0.2, 0.25) is 0 Å². The number of pyridine rings is 1. The van der Waals surface area contributed by atoms with Crippen LogP contribution in [0.15, 0.2) is 24.4 Å². The summed E-state index contributed by atoms with van der Waals surface area (Å²) in [7, 11) is 0. The van der Waals surface area contributed by atoms with E-state index in [1.807, 2.05) is 25.1 Å². The van der Waals surface area contributed by atoms with Gasteiger partial charge in [0, 0.05) is 23.2 Å². The highest BCUT2D eigenvalue weighted by Crippen LogP contribution is 2.30. The van der Waals surface area contributed by atoms with Crippen LogP contribution >= 0.6 is 11.3 Å². The highest BCUT2D eigenvalue weighted by atomic mass is 32.1. The van der Waals surface area contributed by atoms with Crippen molar-refractivity contribution < 1.29 is 9.53 Å². The molecule has 0 bridgehead atoms. The first kappa shape index (κ1) is 14.1. The number of hydrogen-bond acceptors (Lipinski definition) is 4. The second-order valence-electron chi connectivity index (χ2n) is 5.00. The molecule has 110 valence electrons. The molecule has 21 heavy (non-hydrogen) atoms. The number of nitrogens with one attached hydrogen (secondary N) is 1. The molecule has 4 nitrogen and oxygen atoms in total. The van der Waals surface area contributed by atoms with Crippen molar-refractivity contribution in [2.24, 2.45) is 0 Å². The van der Waals surface area contributed by atoms with E-state index < -0.39 is 0 Å². The third-order valence-electron chi connectivity index (χ3n) is 3.54. The average molecular weight is 302 g/mol. The Kier molecular flexibility index (Phi) is 4.20. The van der Waals surface area contributed by atoms with E-state index in [1.165, 1.54) is 16.9 Å². The normalized spacial score (nSPS) is 13.0.